The number of aliphatic imine (C=N–C) groups is 1. The Kier molecular flexibility index (Phi) is 7.30. The molecule has 4 rings (SSSR count). The summed E-state index contributed by atoms with van der Waals surface area (Å²) in [5.41, 5.74) is 8.82. The van der Waals surface area contributed by atoms with E-state index in [1.54, 1.807) is 30.3 Å². The van der Waals surface area contributed by atoms with Crippen molar-refractivity contribution in [3.63, 3.8) is 0 Å². The molecule has 10 heteroatoms. The zero-order chi connectivity index (χ0) is 23.5. The van der Waals surface area contributed by atoms with Gasteiger partial charge in [0.05, 0.1) is 21.9 Å². The summed E-state index contributed by atoms with van der Waals surface area (Å²) in [6.07, 6.45) is 0.178. The number of nitrogens with two attached hydrogens (primary N) is 1. The zero-order valence-corrected chi connectivity index (χ0v) is 18.5. The molecule has 0 fully saturated rings. The van der Waals surface area contributed by atoms with Gasteiger partial charge in [0.25, 0.3) is 5.69 Å². The number of non-ortho nitro benzene ring substituents is 1. The molecular weight excluding hydrogens is 460 g/mol. The SMILES string of the molecule is Cl.NC(Cc1ccc(N=C(c2ccccc2)c2c(O)[nH]c3ccc([N+](=O)[O-])cc23)cc1)C(=O)O. The number of nitrogens with zero attached hydrogens (tertiary/aromatic N) is 2. The van der Waals surface area contributed by atoms with Crippen molar-refractivity contribution in [2.24, 2.45) is 10.7 Å². The number of rotatable bonds is 7. The van der Waals surface area contributed by atoms with Crippen LogP contribution in [0.3, 0.4) is 0 Å². The minimum atomic E-state index is -1.08. The van der Waals surface area contributed by atoms with Crippen LogP contribution in [0.4, 0.5) is 11.4 Å². The molecular formula is C24H21ClN4O5. The monoisotopic (exact) mass is 480 g/mol. The number of nitrogens with one attached hydrogen (secondary N) is 1. The molecule has 3 aromatic carbocycles. The third-order valence-corrected chi connectivity index (χ3v) is 5.21. The first-order valence-electron chi connectivity index (χ1n) is 10.0. The Labute approximate surface area is 200 Å². The molecule has 0 spiro atoms. The predicted molar refractivity (Wildman–Crippen MR) is 131 cm³/mol. The highest BCUT2D eigenvalue weighted by atomic mass is 35.5. The van der Waals surface area contributed by atoms with E-state index < -0.39 is 16.9 Å². The number of carboxylic acids is 1. The summed E-state index contributed by atoms with van der Waals surface area (Å²) in [5.74, 6) is -1.23. The van der Waals surface area contributed by atoms with Crippen LogP contribution < -0.4 is 5.73 Å². The molecule has 9 nitrogen and oxygen atoms in total. The number of aromatic amines is 1. The number of nitro benzene ring substituents is 1. The quantitative estimate of drug-likeness (QED) is 0.175. The Morgan fingerprint density at radius 1 is 1.09 bits per heavy atom. The summed E-state index contributed by atoms with van der Waals surface area (Å²) in [7, 11) is 0. The molecule has 4 aromatic rings. The second-order valence-electron chi connectivity index (χ2n) is 7.48. The average molecular weight is 481 g/mol. The predicted octanol–water partition coefficient (Wildman–Crippen LogP) is 4.33. The van der Waals surface area contributed by atoms with Crippen molar-refractivity contribution in [3.05, 3.63) is 99.6 Å². The number of carboxylic acid groups (broad SMARTS) is 1. The molecule has 0 aliphatic rings. The fraction of sp³-hybridized carbons (Fsp3) is 0.0833. The number of nitro groups is 1. The zero-order valence-electron chi connectivity index (χ0n) is 17.7. The number of aromatic nitrogens is 1. The van der Waals surface area contributed by atoms with Gasteiger partial charge in [-0.1, -0.05) is 42.5 Å². The van der Waals surface area contributed by atoms with E-state index >= 15 is 0 Å². The van der Waals surface area contributed by atoms with Crippen LogP contribution in [0.5, 0.6) is 5.88 Å². The number of carbonyl (C=O) groups is 1. The smallest absolute Gasteiger partial charge is 0.320 e. The van der Waals surface area contributed by atoms with E-state index in [0.717, 1.165) is 5.56 Å². The van der Waals surface area contributed by atoms with Crippen molar-refractivity contribution in [2.75, 3.05) is 0 Å². The summed E-state index contributed by atoms with van der Waals surface area (Å²) < 4.78 is 0. The van der Waals surface area contributed by atoms with Crippen LogP contribution in [0.1, 0.15) is 16.7 Å². The lowest BCUT2D eigenvalue weighted by Crippen LogP contribution is -2.32. The van der Waals surface area contributed by atoms with E-state index in [1.807, 2.05) is 30.3 Å². The molecule has 0 aliphatic carbocycles. The molecule has 0 aliphatic heterocycles. The maximum atomic E-state index is 11.3. The topological polar surface area (TPSA) is 155 Å². The lowest BCUT2D eigenvalue weighted by molar-refractivity contribution is -0.384. The molecule has 0 amide bonds. The van der Waals surface area contributed by atoms with E-state index in [9.17, 15) is 20.0 Å². The molecule has 1 atom stereocenters. The van der Waals surface area contributed by atoms with Gasteiger partial charge in [-0.25, -0.2) is 4.99 Å². The number of hydrogen-bond donors (Lipinski definition) is 4. The van der Waals surface area contributed by atoms with Crippen LogP contribution in [0.25, 0.3) is 10.9 Å². The highest BCUT2D eigenvalue weighted by molar-refractivity contribution is 6.22. The van der Waals surface area contributed by atoms with E-state index in [4.69, 9.17) is 15.8 Å². The summed E-state index contributed by atoms with van der Waals surface area (Å²) in [5, 5.41) is 31.5. The molecule has 174 valence electrons. The van der Waals surface area contributed by atoms with Crippen LogP contribution in [0.2, 0.25) is 0 Å². The summed E-state index contributed by atoms with van der Waals surface area (Å²) in [6.45, 7) is 0. The van der Waals surface area contributed by atoms with Gasteiger partial charge in [-0.15, -0.1) is 12.4 Å². The minimum Gasteiger partial charge on any atom is -0.494 e. The lowest BCUT2D eigenvalue weighted by Gasteiger charge is -2.09. The molecule has 0 saturated heterocycles. The maximum absolute atomic E-state index is 11.3. The largest absolute Gasteiger partial charge is 0.494 e. The van der Waals surface area contributed by atoms with Crippen LogP contribution in [0, 0.1) is 10.1 Å². The van der Waals surface area contributed by atoms with Crippen molar-refractivity contribution in [3.8, 4) is 5.88 Å². The Hall–Kier alpha value is -4.21. The summed E-state index contributed by atoms with van der Waals surface area (Å²) in [4.78, 5) is 29.4. The van der Waals surface area contributed by atoms with Crippen molar-refractivity contribution < 1.29 is 19.9 Å². The van der Waals surface area contributed by atoms with Gasteiger partial charge < -0.3 is 20.9 Å². The fourth-order valence-corrected chi connectivity index (χ4v) is 3.56. The highest BCUT2D eigenvalue weighted by Crippen LogP contribution is 2.33. The van der Waals surface area contributed by atoms with E-state index in [2.05, 4.69) is 4.98 Å². The van der Waals surface area contributed by atoms with Gasteiger partial charge in [0, 0.05) is 28.6 Å². The molecule has 1 unspecified atom stereocenters. The maximum Gasteiger partial charge on any atom is 0.320 e. The minimum absolute atomic E-state index is 0. The van der Waals surface area contributed by atoms with Gasteiger partial charge in [0.1, 0.15) is 6.04 Å². The normalized spacial score (nSPS) is 12.2. The fourth-order valence-electron chi connectivity index (χ4n) is 3.56. The first kappa shape index (κ1) is 24.4. The number of aliphatic carboxylic acids is 1. The van der Waals surface area contributed by atoms with Crippen molar-refractivity contribution >= 4 is 46.4 Å². The molecule has 0 saturated carbocycles. The number of halogens is 1. The van der Waals surface area contributed by atoms with Crippen molar-refractivity contribution in [1.29, 1.82) is 0 Å². The standard InChI is InChI=1S/C24H20N4O5.ClH/c25-19(24(30)31)12-14-6-8-16(9-7-14)26-22(15-4-2-1-3-5-15)21-18-13-17(28(32)33)10-11-20(18)27-23(21)29;/h1-11,13,19,27,29H,12,25H2,(H,30,31);1H. The number of fused-ring (bicyclic) bond motifs is 1. The molecule has 1 aromatic heterocycles. The van der Waals surface area contributed by atoms with Crippen LogP contribution >= 0.6 is 12.4 Å². The number of benzene rings is 3. The van der Waals surface area contributed by atoms with Crippen molar-refractivity contribution in [2.45, 2.75) is 12.5 Å². The van der Waals surface area contributed by atoms with Crippen LogP contribution in [0.15, 0.2) is 77.8 Å². The Morgan fingerprint density at radius 3 is 2.38 bits per heavy atom. The average Bonchev–Trinajstić information content (AvgIpc) is 3.13. The molecule has 5 N–H and O–H groups in total. The lowest BCUT2D eigenvalue weighted by atomic mass is 10.0. The van der Waals surface area contributed by atoms with E-state index in [0.29, 0.717) is 33.4 Å². The van der Waals surface area contributed by atoms with E-state index in [-0.39, 0.29) is 30.4 Å². The number of H-pyrrole nitrogens is 1. The number of hydrogen-bond acceptors (Lipinski definition) is 6. The Morgan fingerprint density at radius 2 is 1.76 bits per heavy atom. The Balaban J connectivity index is 0.00000324. The third-order valence-electron chi connectivity index (χ3n) is 5.21. The second-order valence-corrected chi connectivity index (χ2v) is 7.48. The van der Waals surface area contributed by atoms with Gasteiger partial charge in [-0.05, 0) is 30.2 Å². The van der Waals surface area contributed by atoms with Crippen LogP contribution in [-0.2, 0) is 11.2 Å². The molecule has 0 bridgehead atoms. The van der Waals surface area contributed by atoms with Gasteiger partial charge >= 0.3 is 5.97 Å². The first-order valence-corrected chi connectivity index (χ1v) is 10.0. The van der Waals surface area contributed by atoms with E-state index in [1.165, 1.54) is 12.1 Å². The summed E-state index contributed by atoms with van der Waals surface area (Å²) in [6, 6.07) is 19.4. The van der Waals surface area contributed by atoms with Gasteiger partial charge in [0.2, 0.25) is 0 Å². The first-order chi connectivity index (χ1) is 15.8. The molecule has 34 heavy (non-hydrogen) atoms. The molecule has 1 heterocycles. The highest BCUT2D eigenvalue weighted by Gasteiger charge is 2.21. The third kappa shape index (κ3) is 5.06. The number of aromatic hydroxyl groups is 1. The Bertz CT molecular complexity index is 1370. The van der Waals surface area contributed by atoms with Crippen molar-refractivity contribution in [1.82, 2.24) is 4.98 Å². The van der Waals surface area contributed by atoms with Crippen LogP contribution in [-0.4, -0.2) is 37.8 Å². The van der Waals surface area contributed by atoms with Gasteiger partial charge in [-0.3, -0.25) is 14.9 Å². The molecule has 0 radical (unpaired) electrons. The summed E-state index contributed by atoms with van der Waals surface area (Å²) >= 11 is 0. The second kappa shape index (κ2) is 10.2. The van der Waals surface area contributed by atoms with Gasteiger partial charge in [0.15, 0.2) is 5.88 Å². The van der Waals surface area contributed by atoms with Gasteiger partial charge in [-0.2, -0.15) is 0 Å².